The third kappa shape index (κ3) is 3.63. The summed E-state index contributed by atoms with van der Waals surface area (Å²) >= 11 is 0. The molecule has 0 aliphatic carbocycles. The lowest BCUT2D eigenvalue weighted by Gasteiger charge is -2.44. The maximum Gasteiger partial charge on any atom is 0.258 e. The second kappa shape index (κ2) is 8.08. The minimum absolute atomic E-state index is 0.0187. The predicted octanol–water partition coefficient (Wildman–Crippen LogP) is 5.83. The van der Waals surface area contributed by atoms with Crippen LogP contribution in [-0.2, 0) is 0 Å². The van der Waals surface area contributed by atoms with Gasteiger partial charge in [-0.2, -0.15) is 0 Å². The molecule has 4 rings (SSSR count). The van der Waals surface area contributed by atoms with Crippen LogP contribution >= 0.6 is 0 Å². The van der Waals surface area contributed by atoms with Gasteiger partial charge in [-0.3, -0.25) is 4.79 Å². The summed E-state index contributed by atoms with van der Waals surface area (Å²) in [6.45, 7) is 5.13. The van der Waals surface area contributed by atoms with E-state index in [1.807, 2.05) is 29.2 Å². The fraction of sp³-hybridized carbons (Fsp3) is 0.240. The van der Waals surface area contributed by atoms with E-state index < -0.39 is 0 Å². The first-order valence-electron chi connectivity index (χ1n) is 10.1. The predicted molar refractivity (Wildman–Crippen MR) is 116 cm³/mol. The molecule has 2 unspecified atom stereocenters. The van der Waals surface area contributed by atoms with Crippen LogP contribution in [0.25, 0.3) is 0 Å². The number of hydrogen-bond donors (Lipinski definition) is 0. The summed E-state index contributed by atoms with van der Waals surface area (Å²) in [7, 11) is 0. The maximum atomic E-state index is 13.3. The van der Waals surface area contributed by atoms with Crippen molar-refractivity contribution in [3.05, 3.63) is 95.8 Å². The molecule has 0 saturated heterocycles. The Labute approximate surface area is 171 Å². The highest BCUT2D eigenvalue weighted by Gasteiger charge is 2.36. The fourth-order valence-corrected chi connectivity index (χ4v) is 4.32. The number of para-hydroxylation sites is 2. The van der Waals surface area contributed by atoms with Gasteiger partial charge in [0.2, 0.25) is 0 Å². The summed E-state index contributed by atoms with van der Waals surface area (Å²) < 4.78 is 13.3. The summed E-state index contributed by atoms with van der Waals surface area (Å²) in [4.78, 5) is 17.5. The zero-order chi connectivity index (χ0) is 20.4. The number of carbonyl (C=O) groups excluding carboxylic acids is 1. The van der Waals surface area contributed by atoms with Gasteiger partial charge in [-0.1, -0.05) is 36.4 Å². The van der Waals surface area contributed by atoms with Crippen LogP contribution in [0.4, 0.5) is 15.8 Å². The second-order valence-corrected chi connectivity index (χ2v) is 7.46. The lowest BCUT2D eigenvalue weighted by molar-refractivity contribution is 0.0973. The second-order valence-electron chi connectivity index (χ2n) is 7.46. The topological polar surface area (TPSA) is 23.6 Å². The van der Waals surface area contributed by atoms with E-state index in [1.165, 1.54) is 17.8 Å². The lowest BCUT2D eigenvalue weighted by atomic mass is 9.89. The Morgan fingerprint density at radius 1 is 1.00 bits per heavy atom. The summed E-state index contributed by atoms with van der Waals surface area (Å²) in [5, 5.41) is 0. The van der Waals surface area contributed by atoms with Crippen molar-refractivity contribution >= 4 is 17.3 Å². The monoisotopic (exact) mass is 388 g/mol. The molecule has 0 radical (unpaired) electrons. The maximum absolute atomic E-state index is 13.3. The standard InChI is InChI=1S/C25H25FN2O/c1-3-27(21-9-5-4-6-10-21)24-17-18(2)28(23-12-8-7-11-22(23)24)25(29)19-13-15-20(26)16-14-19/h4-16,18,24H,3,17H2,1-2H3. The largest absolute Gasteiger partial charge is 0.365 e. The van der Waals surface area contributed by atoms with Gasteiger partial charge in [-0.05, 0) is 68.3 Å². The van der Waals surface area contributed by atoms with Crippen LogP contribution in [0.3, 0.4) is 0 Å². The molecule has 3 aromatic carbocycles. The first kappa shape index (κ1) is 19.2. The van der Waals surface area contributed by atoms with E-state index in [9.17, 15) is 9.18 Å². The normalized spacial score (nSPS) is 18.2. The first-order valence-corrected chi connectivity index (χ1v) is 10.1. The Kier molecular flexibility index (Phi) is 5.34. The van der Waals surface area contributed by atoms with E-state index in [4.69, 9.17) is 0 Å². The lowest BCUT2D eigenvalue weighted by Crippen LogP contribution is -2.46. The molecule has 0 bridgehead atoms. The van der Waals surface area contributed by atoms with E-state index >= 15 is 0 Å². The Morgan fingerprint density at radius 2 is 1.66 bits per heavy atom. The van der Waals surface area contributed by atoms with Gasteiger partial charge < -0.3 is 9.80 Å². The molecule has 4 heteroatoms. The number of anilines is 2. The molecule has 1 aliphatic heterocycles. The molecular weight excluding hydrogens is 363 g/mol. The van der Waals surface area contributed by atoms with E-state index in [-0.39, 0.29) is 23.8 Å². The molecule has 0 fully saturated rings. The molecule has 1 aliphatic rings. The smallest absolute Gasteiger partial charge is 0.258 e. The molecule has 0 N–H and O–H groups in total. The van der Waals surface area contributed by atoms with Gasteiger partial charge in [0.25, 0.3) is 5.91 Å². The molecule has 3 aromatic rings. The quantitative estimate of drug-likeness (QED) is 0.561. The average molecular weight is 388 g/mol. The third-order valence-corrected chi connectivity index (χ3v) is 5.68. The Hall–Kier alpha value is -3.14. The molecule has 3 nitrogen and oxygen atoms in total. The van der Waals surface area contributed by atoms with Crippen molar-refractivity contribution in [3.63, 3.8) is 0 Å². The average Bonchev–Trinajstić information content (AvgIpc) is 2.75. The number of benzene rings is 3. The van der Waals surface area contributed by atoms with Gasteiger partial charge in [0.05, 0.1) is 6.04 Å². The minimum atomic E-state index is -0.338. The van der Waals surface area contributed by atoms with Crippen LogP contribution in [0.1, 0.15) is 42.2 Å². The highest BCUT2D eigenvalue weighted by molar-refractivity contribution is 6.07. The van der Waals surface area contributed by atoms with Gasteiger partial charge in [0.15, 0.2) is 0 Å². The molecule has 148 valence electrons. The van der Waals surface area contributed by atoms with Crippen molar-refractivity contribution in [1.82, 2.24) is 0 Å². The Balaban J connectivity index is 1.74. The van der Waals surface area contributed by atoms with Crippen LogP contribution in [0, 0.1) is 5.82 Å². The zero-order valence-electron chi connectivity index (χ0n) is 16.8. The number of amides is 1. The van der Waals surface area contributed by atoms with Crippen molar-refractivity contribution in [3.8, 4) is 0 Å². The zero-order valence-corrected chi connectivity index (χ0v) is 16.8. The van der Waals surface area contributed by atoms with Gasteiger partial charge in [-0.15, -0.1) is 0 Å². The van der Waals surface area contributed by atoms with Gasteiger partial charge in [0.1, 0.15) is 5.82 Å². The third-order valence-electron chi connectivity index (χ3n) is 5.68. The molecule has 1 heterocycles. The first-order chi connectivity index (χ1) is 14.1. The van der Waals surface area contributed by atoms with E-state index in [0.717, 1.165) is 24.2 Å². The number of nitrogens with zero attached hydrogens (tertiary/aromatic N) is 2. The number of fused-ring (bicyclic) bond motifs is 1. The van der Waals surface area contributed by atoms with Crippen molar-refractivity contribution in [2.75, 3.05) is 16.3 Å². The number of hydrogen-bond acceptors (Lipinski definition) is 2. The number of halogens is 1. The van der Waals surface area contributed by atoms with Gasteiger partial charge >= 0.3 is 0 Å². The highest BCUT2D eigenvalue weighted by Crippen LogP contribution is 2.42. The molecule has 0 saturated carbocycles. The summed E-state index contributed by atoms with van der Waals surface area (Å²) in [6.07, 6.45) is 0.826. The van der Waals surface area contributed by atoms with Crippen LogP contribution in [0.15, 0.2) is 78.9 Å². The van der Waals surface area contributed by atoms with Crippen LogP contribution in [0.5, 0.6) is 0 Å². The van der Waals surface area contributed by atoms with Crippen molar-refractivity contribution in [2.24, 2.45) is 0 Å². The summed E-state index contributed by atoms with van der Waals surface area (Å²) in [5.41, 5.74) is 3.76. The Bertz CT molecular complexity index is 987. The van der Waals surface area contributed by atoms with E-state index in [2.05, 4.69) is 49.1 Å². The van der Waals surface area contributed by atoms with Crippen LogP contribution in [0.2, 0.25) is 0 Å². The molecule has 1 amide bonds. The molecule has 29 heavy (non-hydrogen) atoms. The van der Waals surface area contributed by atoms with E-state index in [0.29, 0.717) is 5.56 Å². The Morgan fingerprint density at radius 3 is 2.34 bits per heavy atom. The van der Waals surface area contributed by atoms with Crippen LogP contribution in [-0.4, -0.2) is 18.5 Å². The molecule has 2 atom stereocenters. The fourth-order valence-electron chi connectivity index (χ4n) is 4.32. The summed E-state index contributed by atoms with van der Waals surface area (Å²) in [6, 6.07) is 24.5. The molecule has 0 spiro atoms. The SMILES string of the molecule is CCN(c1ccccc1)C1CC(C)N(C(=O)c2ccc(F)cc2)c2ccccc21. The van der Waals surface area contributed by atoms with Crippen molar-refractivity contribution in [2.45, 2.75) is 32.4 Å². The van der Waals surface area contributed by atoms with E-state index in [1.54, 1.807) is 12.1 Å². The van der Waals surface area contributed by atoms with Gasteiger partial charge in [0, 0.05) is 29.5 Å². The summed E-state index contributed by atoms with van der Waals surface area (Å²) in [5.74, 6) is -0.429. The van der Waals surface area contributed by atoms with Crippen molar-refractivity contribution in [1.29, 1.82) is 0 Å². The van der Waals surface area contributed by atoms with Crippen molar-refractivity contribution < 1.29 is 9.18 Å². The number of carbonyl (C=O) groups is 1. The molecule has 0 aromatic heterocycles. The number of rotatable bonds is 4. The molecular formula is C25H25FN2O. The van der Waals surface area contributed by atoms with Gasteiger partial charge in [-0.25, -0.2) is 4.39 Å². The minimum Gasteiger partial charge on any atom is -0.365 e. The van der Waals surface area contributed by atoms with Crippen LogP contribution < -0.4 is 9.80 Å². The highest BCUT2D eigenvalue weighted by atomic mass is 19.1.